The van der Waals surface area contributed by atoms with Crippen LogP contribution in [0.1, 0.15) is 46.8 Å². The highest BCUT2D eigenvalue weighted by atomic mass is 35.5. The Bertz CT molecular complexity index is 1390. The molecule has 0 amide bonds. The number of nitrogens with one attached hydrogen (secondary N) is 1. The van der Waals surface area contributed by atoms with Gasteiger partial charge in [0.25, 0.3) is 0 Å². The number of benzene rings is 3. The lowest BCUT2D eigenvalue weighted by Crippen LogP contribution is -2.66. The summed E-state index contributed by atoms with van der Waals surface area (Å²) in [6.45, 7) is 5.39. The molecular formula is C28H32ClFN2O5S. The van der Waals surface area contributed by atoms with E-state index >= 15 is 4.39 Å². The minimum atomic E-state index is -4.47. The van der Waals surface area contributed by atoms with Crippen LogP contribution in [0.2, 0.25) is 0 Å². The van der Waals surface area contributed by atoms with Crippen molar-refractivity contribution in [3.8, 4) is 0 Å². The molecule has 0 aromatic heterocycles. The summed E-state index contributed by atoms with van der Waals surface area (Å²) in [5.74, 6) is -3.43. The van der Waals surface area contributed by atoms with Gasteiger partial charge in [-0.25, -0.2) is 17.6 Å². The summed E-state index contributed by atoms with van der Waals surface area (Å²) in [5, 5.41) is 0. The third-order valence-electron chi connectivity index (χ3n) is 6.60. The standard InChI is InChI=1S/C28H32ClFN2O5S/c1-18-14-15-24(30)26(19(18)2)23(16-29)28(31,27(33)36-4)32-38(34,35)25-13-9-8-12-22(25)20(3)37-17-21-10-6-5-7-11-21/h5-15,20,23,32H,16-17,31H2,1-4H3. The summed E-state index contributed by atoms with van der Waals surface area (Å²) in [6, 6.07) is 18.5. The molecule has 3 N–H and O–H groups in total. The van der Waals surface area contributed by atoms with E-state index in [9.17, 15) is 13.2 Å². The Morgan fingerprint density at radius 3 is 2.34 bits per heavy atom. The molecule has 0 aliphatic heterocycles. The summed E-state index contributed by atoms with van der Waals surface area (Å²) in [7, 11) is -3.40. The van der Waals surface area contributed by atoms with Gasteiger partial charge in [0.15, 0.2) is 5.66 Å². The van der Waals surface area contributed by atoms with E-state index in [1.54, 1.807) is 45.0 Å². The summed E-state index contributed by atoms with van der Waals surface area (Å²) < 4.78 is 55.7. The van der Waals surface area contributed by atoms with Crippen molar-refractivity contribution in [2.75, 3.05) is 13.0 Å². The lowest BCUT2D eigenvalue weighted by molar-refractivity contribution is -0.148. The first kappa shape index (κ1) is 29.7. The number of carbonyl (C=O) groups is 1. The summed E-state index contributed by atoms with van der Waals surface area (Å²) in [5.41, 5.74) is 6.57. The molecule has 3 rings (SSSR count). The molecule has 10 heteroatoms. The number of nitrogens with two attached hydrogens (primary N) is 1. The van der Waals surface area contributed by atoms with Crippen molar-refractivity contribution in [1.29, 1.82) is 0 Å². The van der Waals surface area contributed by atoms with Gasteiger partial charge < -0.3 is 15.2 Å². The first-order chi connectivity index (χ1) is 18.0. The molecule has 0 saturated heterocycles. The molecular weight excluding hydrogens is 531 g/mol. The van der Waals surface area contributed by atoms with Gasteiger partial charge in [-0.15, -0.1) is 11.6 Å². The van der Waals surface area contributed by atoms with Crippen LogP contribution in [0.3, 0.4) is 0 Å². The summed E-state index contributed by atoms with van der Waals surface area (Å²) in [6.07, 6.45) is -0.631. The maximum absolute atomic E-state index is 15.1. The first-order valence-corrected chi connectivity index (χ1v) is 13.9. The lowest BCUT2D eigenvalue weighted by atomic mass is 9.84. The van der Waals surface area contributed by atoms with E-state index in [1.165, 1.54) is 12.1 Å². The second-order valence-electron chi connectivity index (χ2n) is 9.05. The highest BCUT2D eigenvalue weighted by molar-refractivity contribution is 7.89. The second kappa shape index (κ2) is 12.4. The molecule has 3 aromatic carbocycles. The van der Waals surface area contributed by atoms with Crippen molar-refractivity contribution in [2.45, 2.75) is 50.0 Å². The van der Waals surface area contributed by atoms with Crippen LogP contribution < -0.4 is 10.5 Å². The lowest BCUT2D eigenvalue weighted by Gasteiger charge is -2.35. The molecule has 3 atom stereocenters. The van der Waals surface area contributed by atoms with Crippen LogP contribution in [0.25, 0.3) is 0 Å². The number of carbonyl (C=O) groups excluding carboxylic acids is 1. The minimum Gasteiger partial charge on any atom is -0.467 e. The van der Waals surface area contributed by atoms with Crippen molar-refractivity contribution in [1.82, 2.24) is 4.72 Å². The SMILES string of the molecule is COC(=O)C(N)(NS(=O)(=O)c1ccccc1C(C)OCc1ccccc1)C(CCl)c1c(F)ccc(C)c1C. The predicted octanol–water partition coefficient (Wildman–Crippen LogP) is 4.85. The fourth-order valence-corrected chi connectivity index (χ4v) is 6.29. The van der Waals surface area contributed by atoms with Gasteiger partial charge in [0.1, 0.15) is 5.82 Å². The maximum Gasteiger partial charge on any atom is 0.342 e. The van der Waals surface area contributed by atoms with Gasteiger partial charge >= 0.3 is 5.97 Å². The number of ether oxygens (including phenoxy) is 2. The number of aryl methyl sites for hydroxylation is 1. The Labute approximate surface area is 228 Å². The van der Waals surface area contributed by atoms with Crippen LogP contribution in [-0.2, 0) is 30.9 Å². The van der Waals surface area contributed by atoms with Crippen LogP contribution in [-0.4, -0.2) is 33.0 Å². The second-order valence-corrected chi connectivity index (χ2v) is 11.0. The van der Waals surface area contributed by atoms with Gasteiger partial charge in [0.2, 0.25) is 10.0 Å². The molecule has 0 fully saturated rings. The van der Waals surface area contributed by atoms with Crippen molar-refractivity contribution in [3.05, 3.63) is 100 Å². The summed E-state index contributed by atoms with van der Waals surface area (Å²) >= 11 is 6.23. The first-order valence-electron chi connectivity index (χ1n) is 11.9. The number of sulfonamides is 1. The average Bonchev–Trinajstić information content (AvgIpc) is 2.91. The molecule has 0 bridgehead atoms. The van der Waals surface area contributed by atoms with Gasteiger partial charge in [-0.2, -0.15) is 4.72 Å². The molecule has 0 saturated carbocycles. The highest BCUT2D eigenvalue weighted by Crippen LogP contribution is 2.35. The van der Waals surface area contributed by atoms with Crippen molar-refractivity contribution < 1.29 is 27.1 Å². The van der Waals surface area contributed by atoms with E-state index in [2.05, 4.69) is 4.72 Å². The Morgan fingerprint density at radius 1 is 1.08 bits per heavy atom. The normalized spacial score (nSPS) is 14.9. The number of hydrogen-bond acceptors (Lipinski definition) is 6. The van der Waals surface area contributed by atoms with E-state index in [-0.39, 0.29) is 22.9 Å². The quantitative estimate of drug-likeness (QED) is 0.196. The Morgan fingerprint density at radius 2 is 1.71 bits per heavy atom. The topological polar surface area (TPSA) is 108 Å². The molecule has 204 valence electrons. The molecule has 38 heavy (non-hydrogen) atoms. The van der Waals surface area contributed by atoms with Crippen LogP contribution in [0.5, 0.6) is 0 Å². The zero-order valence-corrected chi connectivity index (χ0v) is 23.3. The fourth-order valence-electron chi connectivity index (χ4n) is 4.31. The van der Waals surface area contributed by atoms with Crippen molar-refractivity contribution in [3.63, 3.8) is 0 Å². The van der Waals surface area contributed by atoms with Gasteiger partial charge in [0, 0.05) is 17.4 Å². The molecule has 7 nitrogen and oxygen atoms in total. The average molecular weight is 563 g/mol. The van der Waals surface area contributed by atoms with Crippen molar-refractivity contribution in [2.24, 2.45) is 5.73 Å². The van der Waals surface area contributed by atoms with Gasteiger partial charge in [-0.05, 0) is 55.2 Å². The monoisotopic (exact) mass is 562 g/mol. The zero-order valence-electron chi connectivity index (χ0n) is 21.7. The molecule has 0 aliphatic rings. The van der Waals surface area contributed by atoms with Crippen LogP contribution in [0.15, 0.2) is 71.6 Å². The van der Waals surface area contributed by atoms with Gasteiger partial charge in [0.05, 0.1) is 24.7 Å². The molecule has 0 radical (unpaired) electrons. The van der Waals surface area contributed by atoms with E-state index in [4.69, 9.17) is 26.8 Å². The Hall–Kier alpha value is -2.82. The fraction of sp³-hybridized carbons (Fsp3) is 0.321. The van der Waals surface area contributed by atoms with Gasteiger partial charge in [-0.3, -0.25) is 0 Å². The van der Waals surface area contributed by atoms with E-state index < -0.39 is 39.5 Å². The van der Waals surface area contributed by atoms with Crippen LogP contribution in [0.4, 0.5) is 4.39 Å². The molecule has 3 aromatic rings. The number of halogens is 2. The van der Waals surface area contributed by atoms with Crippen LogP contribution in [0, 0.1) is 19.7 Å². The number of hydrogen-bond donors (Lipinski definition) is 2. The Balaban J connectivity index is 2.03. The summed E-state index contributed by atoms with van der Waals surface area (Å²) in [4.78, 5) is 12.9. The highest BCUT2D eigenvalue weighted by Gasteiger charge is 2.49. The van der Waals surface area contributed by atoms with E-state index in [1.807, 2.05) is 30.3 Å². The van der Waals surface area contributed by atoms with Gasteiger partial charge in [-0.1, -0.05) is 54.6 Å². The molecule has 0 heterocycles. The maximum atomic E-state index is 15.1. The number of methoxy groups -OCH3 is 1. The molecule has 3 unspecified atom stereocenters. The van der Waals surface area contributed by atoms with E-state index in [0.29, 0.717) is 11.1 Å². The number of alkyl halides is 1. The third kappa shape index (κ3) is 6.24. The number of esters is 1. The smallest absolute Gasteiger partial charge is 0.342 e. The molecule has 0 aliphatic carbocycles. The largest absolute Gasteiger partial charge is 0.467 e. The molecule has 0 spiro atoms. The Kier molecular flexibility index (Phi) is 9.67. The van der Waals surface area contributed by atoms with E-state index in [0.717, 1.165) is 18.2 Å². The number of rotatable bonds is 11. The third-order valence-corrected chi connectivity index (χ3v) is 8.47. The zero-order chi connectivity index (χ0) is 28.1. The van der Waals surface area contributed by atoms with Crippen molar-refractivity contribution >= 4 is 27.6 Å². The minimum absolute atomic E-state index is 0.0310. The predicted molar refractivity (Wildman–Crippen MR) is 145 cm³/mol. The van der Waals surface area contributed by atoms with Crippen LogP contribution >= 0.6 is 11.6 Å².